The molecule has 0 aromatic heterocycles. The zero-order chi connectivity index (χ0) is 20.2. The standard InChI is InChI=1S/C21H29ClFN3O2/c1-20(9-5-10-20)26-18(27)14-25-21(23)11-8-16(17(22)12-21)13-24-19(28)15-6-3-2-4-7-15/h2-4,6-7,16-17,25H,5,8-14H2,1H3,(H,24,28)(H,26,27)/t16-,17-,21+/m0/s1. The minimum atomic E-state index is -1.65. The molecule has 2 saturated carbocycles. The predicted molar refractivity (Wildman–Crippen MR) is 108 cm³/mol. The van der Waals surface area contributed by atoms with Crippen molar-refractivity contribution in [2.24, 2.45) is 5.92 Å². The van der Waals surface area contributed by atoms with Crippen molar-refractivity contribution in [3.05, 3.63) is 35.9 Å². The number of carbonyl (C=O) groups is 2. The van der Waals surface area contributed by atoms with Gasteiger partial charge in [0, 0.05) is 29.4 Å². The van der Waals surface area contributed by atoms with Gasteiger partial charge in [-0.2, -0.15) is 0 Å². The van der Waals surface area contributed by atoms with Crippen LogP contribution in [-0.4, -0.2) is 41.6 Å². The van der Waals surface area contributed by atoms with Crippen molar-refractivity contribution < 1.29 is 14.0 Å². The van der Waals surface area contributed by atoms with Crippen LogP contribution in [0.2, 0.25) is 0 Å². The maximum absolute atomic E-state index is 15.1. The summed E-state index contributed by atoms with van der Waals surface area (Å²) in [5.74, 6) is -1.98. The molecule has 3 atom stereocenters. The van der Waals surface area contributed by atoms with Gasteiger partial charge in [-0.05, 0) is 57.1 Å². The maximum Gasteiger partial charge on any atom is 0.251 e. The number of halogens is 2. The van der Waals surface area contributed by atoms with Crippen LogP contribution in [0.4, 0.5) is 4.39 Å². The summed E-state index contributed by atoms with van der Waals surface area (Å²) in [7, 11) is 0. The molecule has 0 aliphatic heterocycles. The number of alkyl halides is 2. The molecule has 0 saturated heterocycles. The van der Waals surface area contributed by atoms with Gasteiger partial charge in [-0.1, -0.05) is 18.2 Å². The Morgan fingerprint density at radius 1 is 1.21 bits per heavy atom. The second-order valence-corrected chi connectivity index (χ2v) is 8.94. The van der Waals surface area contributed by atoms with E-state index in [9.17, 15) is 9.59 Å². The lowest BCUT2D eigenvalue weighted by molar-refractivity contribution is -0.124. The Bertz CT molecular complexity index is 698. The number of hydrogen-bond donors (Lipinski definition) is 3. The summed E-state index contributed by atoms with van der Waals surface area (Å²) in [4.78, 5) is 24.2. The third-order valence-electron chi connectivity index (χ3n) is 5.97. The molecule has 2 fully saturated rings. The average molecular weight is 410 g/mol. The zero-order valence-corrected chi connectivity index (χ0v) is 17.0. The van der Waals surface area contributed by atoms with Gasteiger partial charge in [-0.25, -0.2) is 4.39 Å². The second-order valence-electron chi connectivity index (χ2n) is 8.38. The van der Waals surface area contributed by atoms with Gasteiger partial charge < -0.3 is 10.6 Å². The van der Waals surface area contributed by atoms with Crippen molar-refractivity contribution in [2.75, 3.05) is 13.1 Å². The van der Waals surface area contributed by atoms with E-state index < -0.39 is 11.2 Å². The number of nitrogens with one attached hydrogen (secondary N) is 3. The monoisotopic (exact) mass is 409 g/mol. The highest BCUT2D eigenvalue weighted by Crippen LogP contribution is 2.36. The Kier molecular flexibility index (Phi) is 6.61. The Morgan fingerprint density at radius 2 is 1.93 bits per heavy atom. The number of carbonyl (C=O) groups excluding carboxylic acids is 2. The third kappa shape index (κ3) is 5.45. The molecular weight excluding hydrogens is 381 g/mol. The smallest absolute Gasteiger partial charge is 0.251 e. The van der Waals surface area contributed by atoms with E-state index >= 15 is 4.39 Å². The van der Waals surface area contributed by atoms with Crippen LogP contribution in [0, 0.1) is 5.92 Å². The number of amides is 2. The first kappa shape index (κ1) is 21.1. The van der Waals surface area contributed by atoms with Crippen molar-refractivity contribution in [1.29, 1.82) is 0 Å². The van der Waals surface area contributed by atoms with Crippen LogP contribution in [0.1, 0.15) is 55.8 Å². The molecule has 2 aliphatic carbocycles. The first-order valence-corrected chi connectivity index (χ1v) is 10.4. The third-order valence-corrected chi connectivity index (χ3v) is 6.48. The molecule has 0 spiro atoms. The maximum atomic E-state index is 15.1. The van der Waals surface area contributed by atoms with E-state index in [-0.39, 0.29) is 42.7 Å². The SMILES string of the molecule is CC1(NC(=O)CN[C@]2(F)CC[C@@H](CNC(=O)c3ccccc3)[C@@H](Cl)C2)CCC1. The molecule has 5 nitrogen and oxygen atoms in total. The Morgan fingerprint density at radius 3 is 2.54 bits per heavy atom. The molecule has 1 aromatic rings. The molecule has 0 radical (unpaired) electrons. The molecule has 0 heterocycles. The van der Waals surface area contributed by atoms with Crippen molar-refractivity contribution >= 4 is 23.4 Å². The predicted octanol–water partition coefficient (Wildman–Crippen LogP) is 3.14. The molecule has 7 heteroatoms. The first-order chi connectivity index (χ1) is 13.3. The molecule has 0 bridgehead atoms. The zero-order valence-electron chi connectivity index (χ0n) is 16.3. The summed E-state index contributed by atoms with van der Waals surface area (Å²) in [5, 5.41) is 8.21. The van der Waals surface area contributed by atoms with Crippen LogP contribution < -0.4 is 16.0 Å². The van der Waals surface area contributed by atoms with Crippen LogP contribution in [-0.2, 0) is 4.79 Å². The van der Waals surface area contributed by atoms with Crippen molar-refractivity contribution in [2.45, 2.75) is 62.2 Å². The van der Waals surface area contributed by atoms with Gasteiger partial charge in [0.25, 0.3) is 5.91 Å². The van der Waals surface area contributed by atoms with Gasteiger partial charge in [0.1, 0.15) is 0 Å². The molecule has 2 aliphatic rings. The molecular formula is C21H29ClFN3O2. The molecule has 28 heavy (non-hydrogen) atoms. The first-order valence-electron chi connectivity index (χ1n) is 10.0. The van der Waals surface area contributed by atoms with E-state index in [2.05, 4.69) is 16.0 Å². The van der Waals surface area contributed by atoms with Crippen LogP contribution in [0.25, 0.3) is 0 Å². The number of rotatable bonds is 7. The summed E-state index contributed by atoms with van der Waals surface area (Å²) in [6, 6.07) is 8.97. The van der Waals surface area contributed by atoms with Crippen molar-refractivity contribution in [3.8, 4) is 0 Å². The average Bonchev–Trinajstić information content (AvgIpc) is 2.65. The fraction of sp³-hybridized carbons (Fsp3) is 0.619. The van der Waals surface area contributed by atoms with Crippen LogP contribution in [0.15, 0.2) is 30.3 Å². The molecule has 1 aromatic carbocycles. The van der Waals surface area contributed by atoms with E-state index in [1.54, 1.807) is 12.1 Å². The summed E-state index contributed by atoms with van der Waals surface area (Å²) in [6.45, 7) is 2.38. The van der Waals surface area contributed by atoms with E-state index in [1.165, 1.54) is 0 Å². The van der Waals surface area contributed by atoms with Gasteiger partial charge in [0.2, 0.25) is 5.91 Å². The number of benzene rings is 1. The topological polar surface area (TPSA) is 70.2 Å². The van der Waals surface area contributed by atoms with E-state index in [0.29, 0.717) is 18.5 Å². The van der Waals surface area contributed by atoms with Gasteiger partial charge in [0.15, 0.2) is 5.79 Å². The lowest BCUT2D eigenvalue weighted by Gasteiger charge is -2.40. The van der Waals surface area contributed by atoms with Crippen molar-refractivity contribution in [3.63, 3.8) is 0 Å². The van der Waals surface area contributed by atoms with Crippen LogP contribution in [0.3, 0.4) is 0 Å². The van der Waals surface area contributed by atoms with Gasteiger partial charge in [-0.3, -0.25) is 14.9 Å². The summed E-state index contributed by atoms with van der Waals surface area (Å²) in [6.07, 6.45) is 4.00. The van der Waals surface area contributed by atoms with E-state index in [1.807, 2.05) is 25.1 Å². The summed E-state index contributed by atoms with van der Waals surface area (Å²) >= 11 is 6.42. The Balaban J connectivity index is 1.42. The lowest BCUT2D eigenvalue weighted by atomic mass is 9.78. The quantitative estimate of drug-likeness (QED) is 0.478. The largest absolute Gasteiger partial charge is 0.352 e. The lowest BCUT2D eigenvalue weighted by Crippen LogP contribution is -2.56. The molecule has 3 rings (SSSR count). The highest BCUT2D eigenvalue weighted by Gasteiger charge is 2.41. The molecule has 2 amide bonds. The Hall–Kier alpha value is -1.66. The summed E-state index contributed by atoms with van der Waals surface area (Å²) < 4.78 is 15.1. The van der Waals surface area contributed by atoms with Crippen LogP contribution in [0.5, 0.6) is 0 Å². The van der Waals surface area contributed by atoms with Gasteiger partial charge >= 0.3 is 0 Å². The number of hydrogen-bond acceptors (Lipinski definition) is 3. The minimum absolute atomic E-state index is 0.00252. The second kappa shape index (κ2) is 8.78. The van der Waals surface area contributed by atoms with E-state index in [4.69, 9.17) is 11.6 Å². The van der Waals surface area contributed by atoms with Gasteiger partial charge in [-0.15, -0.1) is 11.6 Å². The Labute approximate surface area is 170 Å². The fourth-order valence-electron chi connectivity index (χ4n) is 3.93. The van der Waals surface area contributed by atoms with Crippen LogP contribution >= 0.6 is 11.6 Å². The highest BCUT2D eigenvalue weighted by molar-refractivity contribution is 6.21. The minimum Gasteiger partial charge on any atom is -0.352 e. The van der Waals surface area contributed by atoms with E-state index in [0.717, 1.165) is 19.3 Å². The van der Waals surface area contributed by atoms with Crippen molar-refractivity contribution in [1.82, 2.24) is 16.0 Å². The summed E-state index contributed by atoms with van der Waals surface area (Å²) in [5.41, 5.74) is 0.461. The normalized spacial score (nSPS) is 28.8. The van der Waals surface area contributed by atoms with Gasteiger partial charge in [0.05, 0.1) is 6.54 Å². The highest BCUT2D eigenvalue weighted by atomic mass is 35.5. The fourth-order valence-corrected chi connectivity index (χ4v) is 4.39. The molecule has 3 N–H and O–H groups in total. The molecule has 0 unspecified atom stereocenters. The molecule has 154 valence electrons.